The molecule has 1 heterocycles. The van der Waals surface area contributed by atoms with Crippen molar-refractivity contribution in [1.29, 1.82) is 0 Å². The lowest BCUT2D eigenvalue weighted by Gasteiger charge is -2.20. The molecule has 92 valence electrons. The van der Waals surface area contributed by atoms with E-state index in [4.69, 9.17) is 4.74 Å². The maximum atomic E-state index is 11.7. The summed E-state index contributed by atoms with van der Waals surface area (Å²) in [6.45, 7) is 2.32. The molecule has 0 bridgehead atoms. The molecular formula is C13H18N2O2. The first-order chi connectivity index (χ1) is 8.31. The van der Waals surface area contributed by atoms with Gasteiger partial charge in [-0.2, -0.15) is 0 Å². The van der Waals surface area contributed by atoms with Crippen LogP contribution < -0.4 is 10.6 Å². The third kappa shape index (κ3) is 3.05. The first-order valence-electron chi connectivity index (χ1n) is 5.91. The molecule has 0 aliphatic carbocycles. The molecular weight excluding hydrogens is 216 g/mol. The predicted molar refractivity (Wildman–Crippen MR) is 67.0 cm³/mol. The number of anilines is 1. The fourth-order valence-corrected chi connectivity index (χ4v) is 2.06. The van der Waals surface area contributed by atoms with Gasteiger partial charge in [0.2, 0.25) is 5.91 Å². The number of carbonyl (C=O) groups is 1. The van der Waals surface area contributed by atoms with Gasteiger partial charge in [-0.05, 0) is 30.2 Å². The second-order valence-electron chi connectivity index (χ2n) is 4.16. The Balaban J connectivity index is 2.08. The van der Waals surface area contributed by atoms with Crippen LogP contribution in [0.25, 0.3) is 0 Å². The van der Waals surface area contributed by atoms with Crippen LogP contribution in [0.4, 0.5) is 5.69 Å². The molecule has 1 aromatic rings. The van der Waals surface area contributed by atoms with Crippen LogP contribution in [-0.4, -0.2) is 26.2 Å². The van der Waals surface area contributed by atoms with Gasteiger partial charge in [0, 0.05) is 19.3 Å². The Morgan fingerprint density at radius 1 is 1.53 bits per heavy atom. The lowest BCUT2D eigenvalue weighted by molar-refractivity contribution is -0.117. The van der Waals surface area contributed by atoms with E-state index in [0.29, 0.717) is 13.0 Å². The number of methoxy groups -OCH3 is 1. The van der Waals surface area contributed by atoms with E-state index >= 15 is 0 Å². The highest BCUT2D eigenvalue weighted by Gasteiger charge is 2.13. The highest BCUT2D eigenvalue weighted by atomic mass is 16.5. The fraction of sp³-hybridized carbons (Fsp3) is 0.462. The van der Waals surface area contributed by atoms with Crippen molar-refractivity contribution < 1.29 is 9.53 Å². The molecule has 0 aromatic heterocycles. The topological polar surface area (TPSA) is 50.4 Å². The van der Waals surface area contributed by atoms with Crippen molar-refractivity contribution in [3.8, 4) is 0 Å². The molecule has 1 aromatic carbocycles. The lowest BCUT2D eigenvalue weighted by Crippen LogP contribution is -2.25. The smallest absolute Gasteiger partial charge is 0.226 e. The van der Waals surface area contributed by atoms with Gasteiger partial charge >= 0.3 is 0 Å². The molecule has 4 heteroatoms. The van der Waals surface area contributed by atoms with Gasteiger partial charge in [0.15, 0.2) is 0 Å². The first-order valence-corrected chi connectivity index (χ1v) is 5.91. The molecule has 0 atom stereocenters. The Bertz CT molecular complexity index is 404. The second kappa shape index (κ2) is 5.80. The van der Waals surface area contributed by atoms with Gasteiger partial charge in [-0.1, -0.05) is 12.1 Å². The summed E-state index contributed by atoms with van der Waals surface area (Å²) in [5.41, 5.74) is 3.49. The molecule has 4 nitrogen and oxygen atoms in total. The molecule has 2 N–H and O–H groups in total. The molecule has 0 unspecified atom stereocenters. The monoisotopic (exact) mass is 234 g/mol. The number of amides is 1. The maximum Gasteiger partial charge on any atom is 0.226 e. The molecule has 0 saturated carbocycles. The Morgan fingerprint density at radius 2 is 2.41 bits per heavy atom. The fourth-order valence-electron chi connectivity index (χ4n) is 2.06. The van der Waals surface area contributed by atoms with Gasteiger partial charge in [0.1, 0.15) is 0 Å². The molecule has 2 rings (SSSR count). The van der Waals surface area contributed by atoms with E-state index in [-0.39, 0.29) is 5.91 Å². The number of nitrogens with one attached hydrogen (secondary N) is 2. The standard InChI is InChI=1S/C13H18N2O2/c1-17-8-6-13(16)15-12-4-2-3-10-9-14-7-5-11(10)12/h2-4,14H,5-9H2,1H3,(H,15,16). The summed E-state index contributed by atoms with van der Waals surface area (Å²) >= 11 is 0. The highest BCUT2D eigenvalue weighted by Crippen LogP contribution is 2.23. The average molecular weight is 234 g/mol. The van der Waals surface area contributed by atoms with Crippen LogP contribution in [0.3, 0.4) is 0 Å². The normalized spacial score (nSPS) is 14.2. The van der Waals surface area contributed by atoms with Gasteiger partial charge < -0.3 is 15.4 Å². The summed E-state index contributed by atoms with van der Waals surface area (Å²) in [4.78, 5) is 11.7. The minimum absolute atomic E-state index is 0.0128. The number of carbonyl (C=O) groups excluding carboxylic acids is 1. The quantitative estimate of drug-likeness (QED) is 0.825. The van der Waals surface area contributed by atoms with Crippen molar-refractivity contribution in [2.75, 3.05) is 25.6 Å². The van der Waals surface area contributed by atoms with E-state index in [9.17, 15) is 4.79 Å². The Labute approximate surface area is 101 Å². The average Bonchev–Trinajstić information content (AvgIpc) is 2.37. The second-order valence-corrected chi connectivity index (χ2v) is 4.16. The van der Waals surface area contributed by atoms with Crippen LogP contribution >= 0.6 is 0 Å². The zero-order valence-corrected chi connectivity index (χ0v) is 10.1. The van der Waals surface area contributed by atoms with Crippen molar-refractivity contribution >= 4 is 11.6 Å². The van der Waals surface area contributed by atoms with Crippen LogP contribution in [-0.2, 0) is 22.5 Å². The summed E-state index contributed by atoms with van der Waals surface area (Å²) < 4.78 is 4.89. The molecule has 0 spiro atoms. The Hall–Kier alpha value is -1.39. The summed E-state index contributed by atoms with van der Waals surface area (Å²) in [7, 11) is 1.60. The Morgan fingerprint density at radius 3 is 3.24 bits per heavy atom. The van der Waals surface area contributed by atoms with E-state index < -0.39 is 0 Å². The van der Waals surface area contributed by atoms with Crippen LogP contribution in [0.5, 0.6) is 0 Å². The number of benzene rings is 1. The molecule has 1 amide bonds. The number of rotatable bonds is 4. The molecule has 0 fully saturated rings. The van der Waals surface area contributed by atoms with Crippen molar-refractivity contribution in [1.82, 2.24) is 5.32 Å². The number of hydrogen-bond acceptors (Lipinski definition) is 3. The van der Waals surface area contributed by atoms with Gasteiger partial charge in [-0.3, -0.25) is 4.79 Å². The summed E-state index contributed by atoms with van der Waals surface area (Å²) in [5, 5.41) is 6.28. The van der Waals surface area contributed by atoms with Crippen molar-refractivity contribution in [3.05, 3.63) is 29.3 Å². The van der Waals surface area contributed by atoms with Crippen LogP contribution in [0.1, 0.15) is 17.5 Å². The zero-order valence-electron chi connectivity index (χ0n) is 10.1. The van der Waals surface area contributed by atoms with Crippen LogP contribution in [0, 0.1) is 0 Å². The van der Waals surface area contributed by atoms with Crippen molar-refractivity contribution in [2.24, 2.45) is 0 Å². The summed E-state index contributed by atoms with van der Waals surface area (Å²) in [6, 6.07) is 6.05. The van der Waals surface area contributed by atoms with E-state index in [0.717, 1.165) is 25.2 Å². The molecule has 17 heavy (non-hydrogen) atoms. The largest absolute Gasteiger partial charge is 0.384 e. The third-order valence-corrected chi connectivity index (χ3v) is 2.95. The molecule has 0 saturated heterocycles. The van der Waals surface area contributed by atoms with E-state index in [1.807, 2.05) is 12.1 Å². The predicted octanol–water partition coefficient (Wildman–Crippen LogP) is 1.31. The molecule has 0 radical (unpaired) electrons. The minimum Gasteiger partial charge on any atom is -0.384 e. The van der Waals surface area contributed by atoms with Crippen molar-refractivity contribution in [2.45, 2.75) is 19.4 Å². The summed E-state index contributed by atoms with van der Waals surface area (Å²) in [6.07, 6.45) is 1.37. The van der Waals surface area contributed by atoms with Gasteiger partial charge in [-0.25, -0.2) is 0 Å². The van der Waals surface area contributed by atoms with Crippen LogP contribution in [0.2, 0.25) is 0 Å². The first kappa shape index (κ1) is 12.1. The van der Waals surface area contributed by atoms with E-state index in [1.165, 1.54) is 11.1 Å². The van der Waals surface area contributed by atoms with Gasteiger partial charge in [0.25, 0.3) is 0 Å². The molecule has 1 aliphatic heterocycles. The highest BCUT2D eigenvalue weighted by molar-refractivity contribution is 5.91. The van der Waals surface area contributed by atoms with E-state index in [1.54, 1.807) is 7.11 Å². The van der Waals surface area contributed by atoms with Crippen molar-refractivity contribution in [3.63, 3.8) is 0 Å². The molecule has 1 aliphatic rings. The van der Waals surface area contributed by atoms with Gasteiger partial charge in [0.05, 0.1) is 13.0 Å². The minimum atomic E-state index is 0.0128. The number of ether oxygens (including phenoxy) is 1. The number of fused-ring (bicyclic) bond motifs is 1. The SMILES string of the molecule is COCCC(=O)Nc1cccc2c1CCNC2. The zero-order chi connectivity index (χ0) is 12.1. The Kier molecular flexibility index (Phi) is 4.12. The lowest BCUT2D eigenvalue weighted by atomic mass is 9.99. The van der Waals surface area contributed by atoms with Crippen LogP contribution in [0.15, 0.2) is 18.2 Å². The van der Waals surface area contributed by atoms with Gasteiger partial charge in [-0.15, -0.1) is 0 Å². The number of hydrogen-bond donors (Lipinski definition) is 2. The summed E-state index contributed by atoms with van der Waals surface area (Å²) in [5.74, 6) is 0.0128. The third-order valence-electron chi connectivity index (χ3n) is 2.95. The maximum absolute atomic E-state index is 11.7. The van der Waals surface area contributed by atoms with E-state index in [2.05, 4.69) is 16.7 Å².